The maximum atomic E-state index is 12.6. The van der Waals surface area contributed by atoms with Gasteiger partial charge < -0.3 is 4.74 Å². The molecule has 1 saturated carbocycles. The predicted octanol–water partition coefficient (Wildman–Crippen LogP) is 1.97. The van der Waals surface area contributed by atoms with E-state index in [9.17, 15) is 4.79 Å². The molecule has 0 atom stereocenters. The highest BCUT2D eigenvalue weighted by Gasteiger charge is 2.35. The molecular weight excluding hydrogens is 326 g/mol. The number of hydrogen-bond acceptors (Lipinski definition) is 7. The van der Waals surface area contributed by atoms with Crippen LogP contribution in [0.5, 0.6) is 0 Å². The SMILES string of the molecule is COC1CCC(SC(C)(C)C(=O)NC2=NNN(C(C)(C)C)N2)CC1. The Morgan fingerprint density at radius 1 is 1.25 bits per heavy atom. The van der Waals surface area contributed by atoms with Crippen molar-refractivity contribution in [3.05, 3.63) is 0 Å². The lowest BCUT2D eigenvalue weighted by Crippen LogP contribution is -2.56. The standard InChI is InChI=1S/C16H31N5O2S/c1-15(2,3)21-19-14(18-20-21)17-13(22)16(4,5)24-12-9-7-11(23-6)8-10-12/h11-12,20H,7-10H2,1-6H3,(H2,17,18,19,22). The Labute approximate surface area is 149 Å². The van der Waals surface area contributed by atoms with E-state index in [-0.39, 0.29) is 11.4 Å². The maximum Gasteiger partial charge on any atom is 0.242 e. The van der Waals surface area contributed by atoms with E-state index in [0.717, 1.165) is 25.7 Å². The smallest absolute Gasteiger partial charge is 0.242 e. The second-order valence-corrected chi connectivity index (χ2v) is 9.82. The van der Waals surface area contributed by atoms with Crippen molar-refractivity contribution in [3.8, 4) is 0 Å². The van der Waals surface area contributed by atoms with Crippen LogP contribution in [0.15, 0.2) is 5.10 Å². The zero-order valence-corrected chi connectivity index (χ0v) is 16.4. The molecule has 1 amide bonds. The molecule has 0 bridgehead atoms. The van der Waals surface area contributed by atoms with Crippen LogP contribution in [0.4, 0.5) is 0 Å². The summed E-state index contributed by atoms with van der Waals surface area (Å²) in [6.07, 6.45) is 4.72. The third-order valence-corrected chi connectivity index (χ3v) is 5.92. The lowest BCUT2D eigenvalue weighted by atomic mass is 9.97. The summed E-state index contributed by atoms with van der Waals surface area (Å²) in [5, 5.41) is 9.27. The number of thioether (sulfide) groups is 1. The molecule has 1 heterocycles. The van der Waals surface area contributed by atoms with Crippen molar-refractivity contribution in [2.24, 2.45) is 5.10 Å². The predicted molar refractivity (Wildman–Crippen MR) is 98.2 cm³/mol. The molecule has 0 saturated heterocycles. The highest BCUT2D eigenvalue weighted by molar-refractivity contribution is 8.01. The molecule has 138 valence electrons. The van der Waals surface area contributed by atoms with E-state index in [4.69, 9.17) is 4.74 Å². The average Bonchev–Trinajstić information content (AvgIpc) is 2.96. The minimum Gasteiger partial charge on any atom is -0.381 e. The van der Waals surface area contributed by atoms with E-state index in [2.05, 4.69) is 21.4 Å². The summed E-state index contributed by atoms with van der Waals surface area (Å²) in [6.45, 7) is 10.1. The highest BCUT2D eigenvalue weighted by Crippen LogP contribution is 2.37. The number of carbonyl (C=O) groups is 1. The van der Waals surface area contributed by atoms with E-state index in [1.165, 1.54) is 0 Å². The minimum absolute atomic E-state index is 0.0369. The Morgan fingerprint density at radius 3 is 2.38 bits per heavy atom. The molecule has 0 radical (unpaired) electrons. The fourth-order valence-electron chi connectivity index (χ4n) is 2.74. The van der Waals surface area contributed by atoms with Crippen molar-refractivity contribution < 1.29 is 9.53 Å². The number of methoxy groups -OCH3 is 1. The Hall–Kier alpha value is -0.990. The van der Waals surface area contributed by atoms with Gasteiger partial charge in [-0.25, -0.2) is 5.53 Å². The van der Waals surface area contributed by atoms with Gasteiger partial charge in [0.25, 0.3) is 0 Å². The van der Waals surface area contributed by atoms with Crippen LogP contribution in [0.3, 0.4) is 0 Å². The number of hydrazone groups is 1. The Kier molecular flexibility index (Phi) is 6.04. The highest BCUT2D eigenvalue weighted by atomic mass is 32.2. The van der Waals surface area contributed by atoms with Gasteiger partial charge in [-0.1, -0.05) is 0 Å². The fraction of sp³-hybridized carbons (Fsp3) is 0.875. The van der Waals surface area contributed by atoms with Crippen molar-refractivity contribution in [1.82, 2.24) is 21.4 Å². The average molecular weight is 358 g/mol. The van der Waals surface area contributed by atoms with Crippen LogP contribution in [0.25, 0.3) is 0 Å². The lowest BCUT2D eigenvalue weighted by molar-refractivity contribution is -0.121. The quantitative estimate of drug-likeness (QED) is 0.714. The van der Waals surface area contributed by atoms with Crippen LogP contribution < -0.4 is 16.3 Å². The number of carbonyl (C=O) groups excluding carboxylic acids is 1. The molecule has 1 aliphatic heterocycles. The first-order valence-electron chi connectivity index (χ1n) is 8.54. The summed E-state index contributed by atoms with van der Waals surface area (Å²) in [7, 11) is 1.78. The normalized spacial score (nSPS) is 25.7. The number of rotatable bonds is 4. The molecule has 0 unspecified atom stereocenters. The van der Waals surface area contributed by atoms with Crippen LogP contribution in [-0.2, 0) is 9.53 Å². The van der Waals surface area contributed by atoms with Crippen LogP contribution in [-0.4, -0.2) is 45.7 Å². The molecule has 2 rings (SSSR count). The molecule has 0 spiro atoms. The van der Waals surface area contributed by atoms with Gasteiger partial charge in [-0.2, -0.15) is 0 Å². The number of guanidine groups is 1. The summed E-state index contributed by atoms with van der Waals surface area (Å²) in [5.41, 5.74) is 5.78. The number of hydrogen-bond donors (Lipinski definition) is 3. The summed E-state index contributed by atoms with van der Waals surface area (Å²) in [5.74, 6) is 0.400. The summed E-state index contributed by atoms with van der Waals surface area (Å²) >= 11 is 1.75. The zero-order chi connectivity index (χ0) is 18.0. The molecule has 3 N–H and O–H groups in total. The molecule has 1 aliphatic carbocycles. The fourth-order valence-corrected chi connectivity index (χ4v) is 4.24. The van der Waals surface area contributed by atoms with Gasteiger partial charge in [-0.3, -0.25) is 15.5 Å². The van der Waals surface area contributed by atoms with Gasteiger partial charge in [0.1, 0.15) is 0 Å². The topological polar surface area (TPSA) is 78.0 Å². The van der Waals surface area contributed by atoms with E-state index in [0.29, 0.717) is 17.3 Å². The number of nitrogens with one attached hydrogen (secondary N) is 3. The van der Waals surface area contributed by atoms with Crippen LogP contribution >= 0.6 is 11.8 Å². The first-order valence-corrected chi connectivity index (χ1v) is 9.42. The Balaban J connectivity index is 1.83. The molecular formula is C16H31N5O2S. The van der Waals surface area contributed by atoms with Gasteiger partial charge in [0.15, 0.2) is 0 Å². The molecule has 0 aromatic rings. The molecule has 0 aromatic carbocycles. The number of nitrogens with zero attached hydrogens (tertiary/aromatic N) is 2. The summed E-state index contributed by atoms with van der Waals surface area (Å²) in [4.78, 5) is 12.6. The van der Waals surface area contributed by atoms with Gasteiger partial charge in [-0.05, 0) is 60.3 Å². The first kappa shape index (κ1) is 19.3. The van der Waals surface area contributed by atoms with Crippen molar-refractivity contribution in [2.75, 3.05) is 7.11 Å². The van der Waals surface area contributed by atoms with Crippen molar-refractivity contribution >= 4 is 23.6 Å². The van der Waals surface area contributed by atoms with E-state index in [1.807, 2.05) is 34.6 Å². The van der Waals surface area contributed by atoms with Crippen LogP contribution in [0.2, 0.25) is 0 Å². The van der Waals surface area contributed by atoms with Crippen molar-refractivity contribution in [3.63, 3.8) is 0 Å². The third kappa shape index (κ3) is 5.00. The van der Waals surface area contributed by atoms with Gasteiger partial charge in [0.2, 0.25) is 11.9 Å². The first-order chi connectivity index (χ1) is 11.1. The van der Waals surface area contributed by atoms with Gasteiger partial charge in [0.05, 0.1) is 16.4 Å². The van der Waals surface area contributed by atoms with Crippen LogP contribution in [0.1, 0.15) is 60.3 Å². The third-order valence-electron chi connectivity index (χ3n) is 4.34. The maximum absolute atomic E-state index is 12.6. The number of amides is 1. The molecule has 7 nitrogen and oxygen atoms in total. The van der Waals surface area contributed by atoms with Gasteiger partial charge >= 0.3 is 0 Å². The molecule has 0 aromatic heterocycles. The van der Waals surface area contributed by atoms with Gasteiger partial charge in [-0.15, -0.1) is 22.0 Å². The molecule has 1 fully saturated rings. The van der Waals surface area contributed by atoms with Crippen molar-refractivity contribution in [1.29, 1.82) is 0 Å². The van der Waals surface area contributed by atoms with Gasteiger partial charge in [0, 0.05) is 12.4 Å². The van der Waals surface area contributed by atoms with E-state index in [1.54, 1.807) is 24.0 Å². The second-order valence-electron chi connectivity index (χ2n) is 7.90. The zero-order valence-electron chi connectivity index (χ0n) is 15.6. The van der Waals surface area contributed by atoms with Crippen LogP contribution in [0, 0.1) is 0 Å². The van der Waals surface area contributed by atoms with Crippen molar-refractivity contribution in [2.45, 2.75) is 81.9 Å². The Morgan fingerprint density at radius 2 is 1.88 bits per heavy atom. The summed E-state index contributed by atoms with van der Waals surface area (Å²) < 4.78 is 4.91. The molecule has 8 heteroatoms. The van der Waals surface area contributed by atoms with E-state index < -0.39 is 4.75 Å². The van der Waals surface area contributed by atoms with E-state index >= 15 is 0 Å². The number of hydrazine groups is 2. The summed E-state index contributed by atoms with van der Waals surface area (Å²) in [6, 6.07) is 0. The largest absolute Gasteiger partial charge is 0.381 e. The minimum atomic E-state index is -0.510. The molecule has 24 heavy (non-hydrogen) atoms. The Bertz CT molecular complexity index is 481. The lowest BCUT2D eigenvalue weighted by Gasteiger charge is -2.33. The number of ether oxygens (including phenoxy) is 1. The molecule has 2 aliphatic rings. The second kappa shape index (κ2) is 7.49. The monoisotopic (exact) mass is 357 g/mol.